The van der Waals surface area contributed by atoms with Gasteiger partial charge < -0.3 is 11.1 Å². The zero-order chi connectivity index (χ0) is 8.27. The van der Waals surface area contributed by atoms with Gasteiger partial charge in [-0.3, -0.25) is 0 Å². The maximum Gasteiger partial charge on any atom is 0.0167 e. The van der Waals surface area contributed by atoms with Crippen LogP contribution in [0.1, 0.15) is 33.1 Å². The highest BCUT2D eigenvalue weighted by molar-refractivity contribution is 4.82. The van der Waals surface area contributed by atoms with Gasteiger partial charge in [0.05, 0.1) is 0 Å². The summed E-state index contributed by atoms with van der Waals surface area (Å²) in [7, 11) is 0. The zero-order valence-electron chi connectivity index (χ0n) is 7.64. The van der Waals surface area contributed by atoms with Gasteiger partial charge in [-0.25, -0.2) is 0 Å². The first-order valence-electron chi connectivity index (χ1n) is 4.67. The van der Waals surface area contributed by atoms with Crippen LogP contribution in [0.4, 0.5) is 0 Å². The maximum absolute atomic E-state index is 5.89. The molecule has 0 aromatic heterocycles. The van der Waals surface area contributed by atoms with Crippen LogP contribution >= 0.6 is 0 Å². The van der Waals surface area contributed by atoms with Gasteiger partial charge >= 0.3 is 0 Å². The lowest BCUT2D eigenvalue weighted by Gasteiger charge is -2.14. The Morgan fingerprint density at radius 3 is 2.55 bits per heavy atom. The first kappa shape index (κ1) is 9.01. The lowest BCUT2D eigenvalue weighted by atomic mass is 10.0. The van der Waals surface area contributed by atoms with E-state index >= 15 is 0 Å². The van der Waals surface area contributed by atoms with Crippen molar-refractivity contribution in [3.05, 3.63) is 0 Å². The molecule has 0 bridgehead atoms. The molecule has 0 aromatic rings. The lowest BCUT2D eigenvalue weighted by molar-refractivity contribution is 0.467. The van der Waals surface area contributed by atoms with Gasteiger partial charge in [0, 0.05) is 18.6 Å². The predicted octanol–water partition coefficient (Wildman–Crippen LogP) is 1.11. The molecule has 1 rings (SSSR count). The summed E-state index contributed by atoms with van der Waals surface area (Å²) in [6.45, 7) is 5.44. The molecule has 66 valence electrons. The molecule has 0 amide bonds. The largest absolute Gasteiger partial charge is 0.327 e. The molecule has 2 heteroatoms. The van der Waals surface area contributed by atoms with Crippen molar-refractivity contribution < 1.29 is 0 Å². The van der Waals surface area contributed by atoms with Crippen molar-refractivity contribution in [3.8, 4) is 0 Å². The third kappa shape index (κ3) is 4.38. The van der Waals surface area contributed by atoms with E-state index in [1.807, 2.05) is 0 Å². The van der Waals surface area contributed by atoms with E-state index in [0.717, 1.165) is 24.9 Å². The second kappa shape index (κ2) is 4.07. The van der Waals surface area contributed by atoms with E-state index in [2.05, 4.69) is 19.2 Å². The first-order valence-corrected chi connectivity index (χ1v) is 4.67. The van der Waals surface area contributed by atoms with Crippen molar-refractivity contribution in [3.63, 3.8) is 0 Å². The third-order valence-electron chi connectivity index (χ3n) is 2.02. The summed E-state index contributed by atoms with van der Waals surface area (Å²) in [6, 6.07) is 1.16. The van der Waals surface area contributed by atoms with E-state index < -0.39 is 0 Å². The standard InChI is InChI=1S/C9H20N2/c1-7(2)5-8(10)6-11-9-3-4-9/h7-9,11H,3-6,10H2,1-2H3. The molecule has 0 aliphatic heterocycles. The summed E-state index contributed by atoms with van der Waals surface area (Å²) in [6.07, 6.45) is 3.85. The van der Waals surface area contributed by atoms with Crippen LogP contribution in [0.2, 0.25) is 0 Å². The normalized spacial score (nSPS) is 20.7. The summed E-state index contributed by atoms with van der Waals surface area (Å²) < 4.78 is 0. The van der Waals surface area contributed by atoms with Crippen molar-refractivity contribution >= 4 is 0 Å². The molecule has 0 saturated heterocycles. The molecule has 1 aliphatic rings. The van der Waals surface area contributed by atoms with Gasteiger partial charge in [-0.2, -0.15) is 0 Å². The molecule has 0 radical (unpaired) electrons. The molecule has 0 spiro atoms. The van der Waals surface area contributed by atoms with E-state index in [1.165, 1.54) is 12.8 Å². The van der Waals surface area contributed by atoms with Crippen molar-refractivity contribution in [2.75, 3.05) is 6.54 Å². The van der Waals surface area contributed by atoms with Crippen LogP contribution in [0.25, 0.3) is 0 Å². The fraction of sp³-hybridized carbons (Fsp3) is 1.00. The molecule has 1 atom stereocenters. The Morgan fingerprint density at radius 2 is 2.09 bits per heavy atom. The van der Waals surface area contributed by atoms with Crippen LogP contribution in [-0.4, -0.2) is 18.6 Å². The van der Waals surface area contributed by atoms with E-state index in [4.69, 9.17) is 5.73 Å². The third-order valence-corrected chi connectivity index (χ3v) is 2.02. The topological polar surface area (TPSA) is 38.0 Å². The Balaban J connectivity index is 1.95. The van der Waals surface area contributed by atoms with Crippen molar-refractivity contribution in [2.24, 2.45) is 11.7 Å². The fourth-order valence-electron chi connectivity index (χ4n) is 1.29. The molecule has 2 nitrogen and oxygen atoms in total. The molecular formula is C9H20N2. The van der Waals surface area contributed by atoms with Gasteiger partial charge in [0.2, 0.25) is 0 Å². The van der Waals surface area contributed by atoms with Crippen molar-refractivity contribution in [2.45, 2.75) is 45.2 Å². The van der Waals surface area contributed by atoms with Crippen LogP contribution in [0.5, 0.6) is 0 Å². The molecular weight excluding hydrogens is 136 g/mol. The molecule has 1 unspecified atom stereocenters. The fourth-order valence-corrected chi connectivity index (χ4v) is 1.29. The number of hydrogen-bond donors (Lipinski definition) is 2. The summed E-state index contributed by atoms with van der Waals surface area (Å²) in [5, 5.41) is 3.44. The molecule has 11 heavy (non-hydrogen) atoms. The van der Waals surface area contributed by atoms with Gasteiger partial charge in [0.25, 0.3) is 0 Å². The van der Waals surface area contributed by atoms with Crippen molar-refractivity contribution in [1.82, 2.24) is 5.32 Å². The van der Waals surface area contributed by atoms with Gasteiger partial charge in [-0.05, 0) is 25.2 Å². The highest BCUT2D eigenvalue weighted by Crippen LogP contribution is 2.18. The lowest BCUT2D eigenvalue weighted by Crippen LogP contribution is -2.35. The van der Waals surface area contributed by atoms with E-state index in [-0.39, 0.29) is 0 Å². The van der Waals surface area contributed by atoms with E-state index in [1.54, 1.807) is 0 Å². The van der Waals surface area contributed by atoms with Crippen LogP contribution in [-0.2, 0) is 0 Å². The monoisotopic (exact) mass is 156 g/mol. The first-order chi connectivity index (χ1) is 5.18. The van der Waals surface area contributed by atoms with Crippen LogP contribution in [0.15, 0.2) is 0 Å². The maximum atomic E-state index is 5.89. The Kier molecular flexibility index (Phi) is 3.34. The summed E-state index contributed by atoms with van der Waals surface area (Å²) >= 11 is 0. The van der Waals surface area contributed by atoms with Crippen molar-refractivity contribution in [1.29, 1.82) is 0 Å². The Hall–Kier alpha value is -0.0800. The van der Waals surface area contributed by atoms with Gasteiger partial charge in [-0.15, -0.1) is 0 Å². The Bertz CT molecular complexity index is 108. The van der Waals surface area contributed by atoms with Gasteiger partial charge in [0.1, 0.15) is 0 Å². The van der Waals surface area contributed by atoms with Gasteiger partial charge in [-0.1, -0.05) is 13.8 Å². The highest BCUT2D eigenvalue weighted by Gasteiger charge is 2.20. The molecule has 1 aliphatic carbocycles. The summed E-state index contributed by atoms with van der Waals surface area (Å²) in [5.41, 5.74) is 5.89. The molecule has 0 aromatic carbocycles. The van der Waals surface area contributed by atoms with E-state index in [9.17, 15) is 0 Å². The minimum absolute atomic E-state index is 0.357. The summed E-state index contributed by atoms with van der Waals surface area (Å²) in [5.74, 6) is 0.728. The number of rotatable bonds is 5. The molecule has 1 fully saturated rings. The minimum Gasteiger partial charge on any atom is -0.327 e. The molecule has 3 N–H and O–H groups in total. The molecule has 1 saturated carbocycles. The quantitative estimate of drug-likeness (QED) is 0.626. The average Bonchev–Trinajstić information content (AvgIpc) is 2.63. The number of nitrogens with one attached hydrogen (secondary N) is 1. The highest BCUT2D eigenvalue weighted by atomic mass is 15.0. The number of hydrogen-bond acceptors (Lipinski definition) is 2. The second-order valence-electron chi connectivity index (χ2n) is 4.07. The SMILES string of the molecule is CC(C)CC(N)CNC1CC1. The molecule has 0 heterocycles. The minimum atomic E-state index is 0.357. The Labute approximate surface area is 69.5 Å². The van der Waals surface area contributed by atoms with Crippen LogP contribution < -0.4 is 11.1 Å². The van der Waals surface area contributed by atoms with Crippen LogP contribution in [0, 0.1) is 5.92 Å². The Morgan fingerprint density at radius 1 is 1.45 bits per heavy atom. The smallest absolute Gasteiger partial charge is 0.0167 e. The average molecular weight is 156 g/mol. The van der Waals surface area contributed by atoms with Gasteiger partial charge in [0.15, 0.2) is 0 Å². The predicted molar refractivity (Wildman–Crippen MR) is 48.5 cm³/mol. The second-order valence-corrected chi connectivity index (χ2v) is 4.07. The summed E-state index contributed by atoms with van der Waals surface area (Å²) in [4.78, 5) is 0. The zero-order valence-corrected chi connectivity index (χ0v) is 7.64. The van der Waals surface area contributed by atoms with Crippen LogP contribution in [0.3, 0.4) is 0 Å². The van der Waals surface area contributed by atoms with E-state index in [0.29, 0.717) is 6.04 Å². The number of nitrogens with two attached hydrogens (primary N) is 1.